The lowest BCUT2D eigenvalue weighted by Crippen LogP contribution is -2.66. The molecule has 2 atom stereocenters. The molecule has 4 nitrogen and oxygen atoms in total. The Balaban J connectivity index is 1.52. The lowest BCUT2D eigenvalue weighted by molar-refractivity contribution is -0.104. The van der Waals surface area contributed by atoms with Gasteiger partial charge in [0.15, 0.2) is 0 Å². The van der Waals surface area contributed by atoms with Gasteiger partial charge in [-0.2, -0.15) is 0 Å². The zero-order valence-corrected chi connectivity index (χ0v) is 17.6. The minimum atomic E-state index is -0.842. The second kappa shape index (κ2) is 6.35. The van der Waals surface area contributed by atoms with E-state index >= 15 is 0 Å². The highest BCUT2D eigenvalue weighted by molar-refractivity contribution is 5.86. The number of rotatable bonds is 3. The summed E-state index contributed by atoms with van der Waals surface area (Å²) in [5, 5.41) is 23.9. The summed E-state index contributed by atoms with van der Waals surface area (Å²) in [6.45, 7) is 2.83. The van der Waals surface area contributed by atoms with Crippen LogP contribution in [0, 0.1) is 5.92 Å². The highest BCUT2D eigenvalue weighted by Crippen LogP contribution is 2.52. The van der Waals surface area contributed by atoms with Crippen LogP contribution in [-0.4, -0.2) is 44.9 Å². The fourth-order valence-electron chi connectivity index (χ4n) is 6.33. The summed E-state index contributed by atoms with van der Waals surface area (Å²) in [4.78, 5) is 2.49. The number of benzene rings is 2. The number of phenols is 1. The third-order valence-corrected chi connectivity index (χ3v) is 8.13. The summed E-state index contributed by atoms with van der Waals surface area (Å²) in [5.74, 6) is 1.10. The predicted molar refractivity (Wildman–Crippen MR) is 119 cm³/mol. The van der Waals surface area contributed by atoms with Gasteiger partial charge in [-0.05, 0) is 61.1 Å². The molecule has 2 fully saturated rings. The molecule has 2 heterocycles. The van der Waals surface area contributed by atoms with E-state index in [1.807, 2.05) is 12.1 Å². The normalized spacial score (nSPS) is 29.0. The van der Waals surface area contributed by atoms with Crippen molar-refractivity contribution < 1.29 is 10.2 Å². The van der Waals surface area contributed by atoms with Crippen LogP contribution in [0.5, 0.6) is 5.75 Å². The van der Waals surface area contributed by atoms with Crippen LogP contribution >= 0.6 is 0 Å². The Morgan fingerprint density at radius 2 is 1.90 bits per heavy atom. The van der Waals surface area contributed by atoms with Gasteiger partial charge in [0.25, 0.3) is 0 Å². The van der Waals surface area contributed by atoms with Crippen molar-refractivity contribution in [3.63, 3.8) is 0 Å². The smallest absolute Gasteiger partial charge is 0.115 e. The Morgan fingerprint density at radius 3 is 2.70 bits per heavy atom. The molecule has 3 aromatic rings. The molecule has 1 saturated heterocycles. The molecule has 3 aliphatic rings. The zero-order chi connectivity index (χ0) is 20.5. The van der Waals surface area contributed by atoms with Gasteiger partial charge in [-0.1, -0.05) is 30.3 Å². The Hall–Kier alpha value is -2.30. The van der Waals surface area contributed by atoms with Crippen LogP contribution < -0.4 is 0 Å². The first-order valence-electron chi connectivity index (χ1n) is 11.3. The van der Waals surface area contributed by atoms with Gasteiger partial charge in [-0.3, -0.25) is 0 Å². The number of piperidine rings is 1. The van der Waals surface area contributed by atoms with Crippen molar-refractivity contribution in [2.45, 2.75) is 43.1 Å². The van der Waals surface area contributed by atoms with E-state index in [1.165, 1.54) is 35.0 Å². The Bertz CT molecular complexity index is 1130. The van der Waals surface area contributed by atoms with Crippen LogP contribution in [-0.2, 0) is 25.3 Å². The summed E-state index contributed by atoms with van der Waals surface area (Å²) in [5.41, 5.74) is 3.74. The zero-order valence-electron chi connectivity index (χ0n) is 17.6. The van der Waals surface area contributed by atoms with Crippen LogP contribution in [0.15, 0.2) is 48.5 Å². The van der Waals surface area contributed by atoms with Crippen LogP contribution in [0.2, 0.25) is 0 Å². The molecule has 0 radical (unpaired) electrons. The number of para-hydroxylation sites is 1. The number of aromatic nitrogens is 1. The van der Waals surface area contributed by atoms with Gasteiger partial charge in [0.1, 0.15) is 5.75 Å². The van der Waals surface area contributed by atoms with E-state index in [2.05, 4.69) is 46.8 Å². The molecule has 0 spiro atoms. The summed E-state index contributed by atoms with van der Waals surface area (Å²) >= 11 is 0. The summed E-state index contributed by atoms with van der Waals surface area (Å²) < 4.78 is 2.32. The van der Waals surface area contributed by atoms with Crippen LogP contribution in [0.3, 0.4) is 0 Å². The first kappa shape index (κ1) is 18.5. The van der Waals surface area contributed by atoms with E-state index in [1.54, 1.807) is 6.07 Å². The number of aliphatic hydroxyl groups is 1. The molecule has 2 unspecified atom stereocenters. The van der Waals surface area contributed by atoms with Gasteiger partial charge in [0, 0.05) is 55.0 Å². The van der Waals surface area contributed by atoms with Crippen molar-refractivity contribution >= 4 is 10.9 Å². The maximum Gasteiger partial charge on any atom is 0.115 e. The van der Waals surface area contributed by atoms with E-state index in [0.29, 0.717) is 13.0 Å². The molecule has 4 heteroatoms. The topological polar surface area (TPSA) is 48.6 Å². The van der Waals surface area contributed by atoms with Crippen LogP contribution in [0.4, 0.5) is 0 Å². The molecule has 0 amide bonds. The van der Waals surface area contributed by atoms with Crippen molar-refractivity contribution in [3.8, 4) is 5.75 Å². The number of likely N-dealkylation sites (tertiary alicyclic amines) is 1. The quantitative estimate of drug-likeness (QED) is 0.701. The Morgan fingerprint density at radius 1 is 1.07 bits per heavy atom. The predicted octanol–water partition coefficient (Wildman–Crippen LogP) is 3.77. The molecule has 6 rings (SSSR count). The van der Waals surface area contributed by atoms with Crippen molar-refractivity contribution in [2.24, 2.45) is 13.0 Å². The van der Waals surface area contributed by atoms with Gasteiger partial charge in [-0.25, -0.2) is 0 Å². The van der Waals surface area contributed by atoms with E-state index in [0.717, 1.165) is 37.4 Å². The average Bonchev–Trinajstić information content (AvgIpc) is 3.51. The number of hydrogen-bond donors (Lipinski definition) is 2. The SMILES string of the molecule is Cn1c2c(c3ccccc31)CC1(O)CN(CC3CC3)CCC1(c1cccc(O)c1)C2. The molecule has 0 bridgehead atoms. The van der Waals surface area contributed by atoms with Crippen molar-refractivity contribution in [1.29, 1.82) is 0 Å². The van der Waals surface area contributed by atoms with Gasteiger partial charge in [-0.15, -0.1) is 0 Å². The number of phenolic OH excluding ortho intramolecular Hbond substituents is 1. The molecule has 156 valence electrons. The maximum absolute atomic E-state index is 12.4. The Labute approximate surface area is 177 Å². The number of fused-ring (bicyclic) bond motifs is 4. The molecular formula is C26H30N2O2. The first-order valence-corrected chi connectivity index (χ1v) is 11.3. The van der Waals surface area contributed by atoms with Crippen molar-refractivity contribution in [3.05, 3.63) is 65.4 Å². The third kappa shape index (κ3) is 2.60. The van der Waals surface area contributed by atoms with Crippen molar-refractivity contribution in [1.82, 2.24) is 9.47 Å². The van der Waals surface area contributed by atoms with E-state index in [-0.39, 0.29) is 11.2 Å². The number of nitrogens with zero attached hydrogens (tertiary/aromatic N) is 2. The van der Waals surface area contributed by atoms with Crippen molar-refractivity contribution in [2.75, 3.05) is 19.6 Å². The summed E-state index contributed by atoms with van der Waals surface area (Å²) in [7, 11) is 2.16. The standard InChI is InChI=1S/C26H30N2O2/c1-27-23-8-3-2-7-21(23)22-14-26(30)17-28(16-18-9-10-18)12-11-25(26,15-24(22)27)19-5-4-6-20(29)13-19/h2-8,13,18,29-30H,9-12,14-17H2,1H3. The summed E-state index contributed by atoms with van der Waals surface area (Å²) in [6, 6.07) is 16.2. The van der Waals surface area contributed by atoms with Crippen LogP contribution in [0.1, 0.15) is 36.1 Å². The summed E-state index contributed by atoms with van der Waals surface area (Å²) in [6.07, 6.45) is 5.06. The third-order valence-electron chi connectivity index (χ3n) is 8.13. The van der Waals surface area contributed by atoms with E-state index in [4.69, 9.17) is 0 Å². The minimum absolute atomic E-state index is 0.285. The minimum Gasteiger partial charge on any atom is -0.508 e. The molecule has 1 aliphatic heterocycles. The van der Waals surface area contributed by atoms with E-state index < -0.39 is 5.60 Å². The molecule has 2 aliphatic carbocycles. The molecule has 2 N–H and O–H groups in total. The van der Waals surface area contributed by atoms with Gasteiger partial charge >= 0.3 is 0 Å². The highest BCUT2D eigenvalue weighted by atomic mass is 16.3. The fourth-order valence-corrected chi connectivity index (χ4v) is 6.33. The highest BCUT2D eigenvalue weighted by Gasteiger charge is 2.58. The van der Waals surface area contributed by atoms with E-state index in [9.17, 15) is 10.2 Å². The monoisotopic (exact) mass is 402 g/mol. The second-order valence-corrected chi connectivity index (χ2v) is 9.95. The van der Waals surface area contributed by atoms with Gasteiger partial charge in [0.05, 0.1) is 5.60 Å². The molecule has 30 heavy (non-hydrogen) atoms. The number of aromatic hydroxyl groups is 1. The lowest BCUT2D eigenvalue weighted by atomic mass is 9.56. The lowest BCUT2D eigenvalue weighted by Gasteiger charge is -2.56. The largest absolute Gasteiger partial charge is 0.508 e. The molecule has 2 aromatic carbocycles. The van der Waals surface area contributed by atoms with Gasteiger partial charge in [0.2, 0.25) is 0 Å². The first-order chi connectivity index (χ1) is 14.5. The molecule has 1 saturated carbocycles. The molecular weight excluding hydrogens is 372 g/mol. The molecule has 1 aromatic heterocycles. The second-order valence-electron chi connectivity index (χ2n) is 9.95. The number of aryl methyl sites for hydroxylation is 1. The van der Waals surface area contributed by atoms with Gasteiger partial charge < -0.3 is 19.7 Å². The fraction of sp³-hybridized carbons (Fsp3) is 0.462. The van der Waals surface area contributed by atoms with Crippen LogP contribution in [0.25, 0.3) is 10.9 Å². The number of β-amino-alcohol motifs (C(OH)–C–C–N with tert-alkyl or cyclic N) is 1. The number of hydrogen-bond acceptors (Lipinski definition) is 3. The Kier molecular flexibility index (Phi) is 3.91. The maximum atomic E-state index is 12.4. The average molecular weight is 403 g/mol.